The fraction of sp³-hybridized carbons (Fsp3) is 0.400. The van der Waals surface area contributed by atoms with Gasteiger partial charge in [0.2, 0.25) is 0 Å². The average molecular weight is 245 g/mol. The molecule has 15 heavy (non-hydrogen) atoms. The highest BCUT2D eigenvalue weighted by atomic mass is 32.2. The Kier molecular flexibility index (Phi) is 3.74. The van der Waals surface area contributed by atoms with E-state index in [9.17, 15) is 4.57 Å². The van der Waals surface area contributed by atoms with E-state index in [1.807, 2.05) is 12.3 Å². The van der Waals surface area contributed by atoms with Crippen LogP contribution >= 0.6 is 18.9 Å². The molecule has 0 bridgehead atoms. The van der Waals surface area contributed by atoms with Crippen LogP contribution in [-0.4, -0.2) is 26.7 Å². The zero-order valence-electron chi connectivity index (χ0n) is 9.40. The third-order valence-corrected chi connectivity index (χ3v) is 4.61. The van der Waals surface area contributed by atoms with E-state index in [4.69, 9.17) is 10.5 Å². The van der Waals surface area contributed by atoms with Crippen molar-refractivity contribution in [2.24, 2.45) is 0 Å². The molecule has 0 spiro atoms. The predicted octanol–water partition coefficient (Wildman–Crippen LogP) is 2.25. The van der Waals surface area contributed by atoms with Crippen molar-refractivity contribution in [3.05, 3.63) is 12.1 Å². The Morgan fingerprint density at radius 2 is 2.00 bits per heavy atom. The first kappa shape index (κ1) is 12.5. The van der Waals surface area contributed by atoms with E-state index in [1.165, 1.54) is 11.8 Å². The second-order valence-corrected chi connectivity index (χ2v) is 7.59. The van der Waals surface area contributed by atoms with Crippen LogP contribution in [0, 0.1) is 0 Å². The van der Waals surface area contributed by atoms with Gasteiger partial charge in [-0.2, -0.15) is 0 Å². The first-order chi connectivity index (χ1) is 6.91. The van der Waals surface area contributed by atoms with E-state index >= 15 is 0 Å². The van der Waals surface area contributed by atoms with Gasteiger partial charge in [-0.1, -0.05) is 0 Å². The van der Waals surface area contributed by atoms with Crippen LogP contribution in [0.3, 0.4) is 0 Å². The van der Waals surface area contributed by atoms with Gasteiger partial charge in [0.05, 0.1) is 17.7 Å². The van der Waals surface area contributed by atoms with Crippen molar-refractivity contribution in [2.75, 3.05) is 32.4 Å². The number of methoxy groups -OCH3 is 1. The SMILES string of the molecule is COc1c(N)ccc(P(C)(C)=O)c1SC. The molecule has 1 aromatic rings. The van der Waals surface area contributed by atoms with Gasteiger partial charge in [-0.05, 0) is 31.7 Å². The molecule has 0 saturated carbocycles. The minimum absolute atomic E-state index is 0.582. The van der Waals surface area contributed by atoms with Crippen LogP contribution < -0.4 is 15.8 Å². The Morgan fingerprint density at radius 1 is 1.40 bits per heavy atom. The van der Waals surface area contributed by atoms with Crippen LogP contribution in [-0.2, 0) is 4.57 Å². The zero-order chi connectivity index (χ0) is 11.6. The lowest BCUT2D eigenvalue weighted by Gasteiger charge is -2.16. The van der Waals surface area contributed by atoms with Gasteiger partial charge < -0.3 is 15.0 Å². The van der Waals surface area contributed by atoms with Crippen molar-refractivity contribution in [1.82, 2.24) is 0 Å². The summed E-state index contributed by atoms with van der Waals surface area (Å²) in [5, 5.41) is 0.834. The van der Waals surface area contributed by atoms with E-state index in [-0.39, 0.29) is 0 Å². The normalized spacial score (nSPS) is 11.5. The smallest absolute Gasteiger partial charge is 0.156 e. The minimum atomic E-state index is -2.29. The van der Waals surface area contributed by atoms with Gasteiger partial charge in [-0.25, -0.2) is 0 Å². The molecule has 2 N–H and O–H groups in total. The number of hydrogen-bond acceptors (Lipinski definition) is 4. The molecule has 0 radical (unpaired) electrons. The van der Waals surface area contributed by atoms with E-state index in [1.54, 1.807) is 26.5 Å². The van der Waals surface area contributed by atoms with Crippen molar-refractivity contribution in [2.45, 2.75) is 4.90 Å². The molecule has 0 amide bonds. The van der Waals surface area contributed by atoms with Crippen LogP contribution in [0.15, 0.2) is 17.0 Å². The number of rotatable bonds is 3. The maximum atomic E-state index is 12.1. The van der Waals surface area contributed by atoms with Crippen molar-refractivity contribution < 1.29 is 9.30 Å². The number of hydrogen-bond donors (Lipinski definition) is 1. The molecule has 1 aromatic carbocycles. The number of thioether (sulfide) groups is 1. The second kappa shape index (κ2) is 4.50. The molecule has 0 heterocycles. The largest absolute Gasteiger partial charge is 0.493 e. The first-order valence-electron chi connectivity index (χ1n) is 4.47. The molecule has 0 aliphatic rings. The maximum absolute atomic E-state index is 12.1. The van der Waals surface area contributed by atoms with E-state index < -0.39 is 7.14 Å². The Labute approximate surface area is 94.8 Å². The lowest BCUT2D eigenvalue weighted by molar-refractivity contribution is 0.408. The average Bonchev–Trinajstić information content (AvgIpc) is 2.15. The predicted molar refractivity (Wildman–Crippen MR) is 68.3 cm³/mol. The van der Waals surface area contributed by atoms with E-state index in [0.29, 0.717) is 11.4 Å². The lowest BCUT2D eigenvalue weighted by atomic mass is 10.3. The van der Waals surface area contributed by atoms with Crippen LogP contribution in [0.4, 0.5) is 5.69 Å². The monoisotopic (exact) mass is 245 g/mol. The first-order valence-corrected chi connectivity index (χ1v) is 8.30. The van der Waals surface area contributed by atoms with Gasteiger partial charge in [0.1, 0.15) is 7.14 Å². The summed E-state index contributed by atoms with van der Waals surface area (Å²) in [5.74, 6) is 0.629. The van der Waals surface area contributed by atoms with Gasteiger partial charge in [0.25, 0.3) is 0 Å². The highest BCUT2D eigenvalue weighted by Crippen LogP contribution is 2.43. The van der Waals surface area contributed by atoms with E-state index in [0.717, 1.165) is 10.2 Å². The minimum Gasteiger partial charge on any atom is -0.493 e. The van der Waals surface area contributed by atoms with Gasteiger partial charge in [-0.15, -0.1) is 11.8 Å². The summed E-state index contributed by atoms with van der Waals surface area (Å²) in [4.78, 5) is 0.880. The van der Waals surface area contributed by atoms with Crippen LogP contribution in [0.2, 0.25) is 0 Å². The Bertz CT molecular complexity index is 414. The summed E-state index contributed by atoms with van der Waals surface area (Å²) in [6, 6.07) is 3.57. The van der Waals surface area contributed by atoms with E-state index in [2.05, 4.69) is 0 Å². The summed E-state index contributed by atoms with van der Waals surface area (Å²) in [6.07, 6.45) is 1.93. The molecular formula is C10H16NO2PS. The molecule has 0 unspecified atom stereocenters. The summed E-state index contributed by atoms with van der Waals surface area (Å²) in [5.41, 5.74) is 6.37. The fourth-order valence-electron chi connectivity index (χ4n) is 1.40. The van der Waals surface area contributed by atoms with Crippen molar-refractivity contribution in [1.29, 1.82) is 0 Å². The summed E-state index contributed by atoms with van der Waals surface area (Å²) >= 11 is 1.51. The molecule has 0 saturated heterocycles. The van der Waals surface area contributed by atoms with Crippen LogP contribution in [0.5, 0.6) is 5.75 Å². The van der Waals surface area contributed by atoms with Gasteiger partial charge in [-0.3, -0.25) is 0 Å². The van der Waals surface area contributed by atoms with Crippen LogP contribution in [0.1, 0.15) is 0 Å². The molecule has 0 aromatic heterocycles. The van der Waals surface area contributed by atoms with Crippen LogP contribution in [0.25, 0.3) is 0 Å². The topological polar surface area (TPSA) is 52.3 Å². The molecule has 5 heteroatoms. The molecule has 3 nitrogen and oxygen atoms in total. The Balaban J connectivity index is 3.49. The Hall–Kier alpha value is -0.600. The van der Waals surface area contributed by atoms with Crippen molar-refractivity contribution in [3.8, 4) is 5.75 Å². The van der Waals surface area contributed by atoms with Gasteiger partial charge in [0.15, 0.2) is 5.75 Å². The summed E-state index contributed by atoms with van der Waals surface area (Å²) in [6.45, 7) is 3.50. The van der Waals surface area contributed by atoms with Crippen molar-refractivity contribution >= 4 is 29.9 Å². The third-order valence-electron chi connectivity index (χ3n) is 2.11. The number of nitrogen functional groups attached to an aromatic ring is 1. The highest BCUT2D eigenvalue weighted by molar-refractivity contribution is 7.99. The number of anilines is 1. The molecule has 0 aliphatic heterocycles. The number of ether oxygens (including phenoxy) is 1. The number of nitrogens with two attached hydrogens (primary N) is 1. The second-order valence-electron chi connectivity index (χ2n) is 3.59. The third kappa shape index (κ3) is 2.50. The maximum Gasteiger partial charge on any atom is 0.156 e. The van der Waals surface area contributed by atoms with Crippen molar-refractivity contribution in [3.63, 3.8) is 0 Å². The molecule has 0 fully saturated rings. The molecule has 0 aliphatic carbocycles. The standard InChI is InChI=1S/C10H16NO2PS/c1-13-9-7(11)5-6-8(10(9)15-4)14(2,3)12/h5-6H,11H2,1-4H3. The summed E-state index contributed by atoms with van der Waals surface area (Å²) in [7, 11) is -0.714. The number of benzene rings is 1. The molecule has 0 atom stereocenters. The van der Waals surface area contributed by atoms with Gasteiger partial charge >= 0.3 is 0 Å². The quantitative estimate of drug-likeness (QED) is 0.504. The van der Waals surface area contributed by atoms with Gasteiger partial charge in [0, 0.05) is 5.30 Å². The zero-order valence-corrected chi connectivity index (χ0v) is 11.1. The molecular weight excluding hydrogens is 229 g/mol. The molecule has 84 valence electrons. The Morgan fingerprint density at radius 3 is 2.40 bits per heavy atom. The fourth-order valence-corrected chi connectivity index (χ4v) is 4.02. The lowest BCUT2D eigenvalue weighted by Crippen LogP contribution is -2.09. The highest BCUT2D eigenvalue weighted by Gasteiger charge is 2.20. The molecule has 1 rings (SSSR count). The summed E-state index contributed by atoms with van der Waals surface area (Å²) < 4.78 is 17.3.